The highest BCUT2D eigenvalue weighted by Gasteiger charge is 2.26. The molecule has 1 fully saturated rings. The summed E-state index contributed by atoms with van der Waals surface area (Å²) in [5, 5.41) is 9.76. The Bertz CT molecular complexity index is 824. The van der Waals surface area contributed by atoms with Crippen molar-refractivity contribution in [1.29, 1.82) is 0 Å². The topological polar surface area (TPSA) is 59.0 Å². The number of aromatic hydroxyl groups is 1. The lowest BCUT2D eigenvalue weighted by molar-refractivity contribution is -0.129. The van der Waals surface area contributed by atoms with E-state index in [1.54, 1.807) is 26.4 Å². The molecule has 27 heavy (non-hydrogen) atoms. The van der Waals surface area contributed by atoms with Crippen molar-refractivity contribution in [2.45, 2.75) is 19.3 Å². The van der Waals surface area contributed by atoms with Gasteiger partial charge >= 0.3 is 0 Å². The summed E-state index contributed by atoms with van der Waals surface area (Å²) in [6.45, 7) is 1.52. The number of carbonyl (C=O) groups is 1. The summed E-state index contributed by atoms with van der Waals surface area (Å²) in [6, 6.07) is 10.9. The second kappa shape index (κ2) is 8.53. The number of hydrogen-bond acceptors (Lipinski definition) is 4. The number of amides is 1. The van der Waals surface area contributed by atoms with Gasteiger partial charge in [0, 0.05) is 13.1 Å². The van der Waals surface area contributed by atoms with Crippen molar-refractivity contribution in [2.24, 2.45) is 5.92 Å². The zero-order valence-electron chi connectivity index (χ0n) is 15.6. The Kier molecular flexibility index (Phi) is 6.11. The van der Waals surface area contributed by atoms with Crippen LogP contribution in [0.5, 0.6) is 17.2 Å². The molecular weight excluding hydrogens is 366 g/mol. The molecule has 144 valence electrons. The van der Waals surface area contributed by atoms with Crippen LogP contribution in [0.4, 0.5) is 0 Å². The maximum Gasteiger partial charge on any atom is 0.226 e. The molecule has 0 saturated carbocycles. The van der Waals surface area contributed by atoms with E-state index in [0.29, 0.717) is 12.3 Å². The molecule has 1 N–H and O–H groups in total. The maximum absolute atomic E-state index is 12.6. The minimum atomic E-state index is 0.0315. The lowest BCUT2D eigenvalue weighted by atomic mass is 9.98. The zero-order chi connectivity index (χ0) is 19.4. The molecule has 5 nitrogen and oxygen atoms in total. The fourth-order valence-electron chi connectivity index (χ4n) is 3.51. The molecule has 1 heterocycles. The third-order valence-electron chi connectivity index (χ3n) is 4.98. The molecular formula is C21H24ClNO4. The van der Waals surface area contributed by atoms with Crippen LogP contribution >= 0.6 is 11.6 Å². The van der Waals surface area contributed by atoms with Gasteiger partial charge < -0.3 is 19.5 Å². The molecule has 0 aromatic heterocycles. The molecule has 1 amide bonds. The minimum absolute atomic E-state index is 0.0315. The van der Waals surface area contributed by atoms with Crippen molar-refractivity contribution in [3.63, 3.8) is 0 Å². The quantitative estimate of drug-likeness (QED) is 0.818. The molecule has 0 radical (unpaired) electrons. The number of ether oxygens (including phenoxy) is 2. The van der Waals surface area contributed by atoms with E-state index in [9.17, 15) is 9.90 Å². The summed E-state index contributed by atoms with van der Waals surface area (Å²) in [6.07, 6.45) is 2.18. The van der Waals surface area contributed by atoms with E-state index in [0.717, 1.165) is 43.0 Å². The number of likely N-dealkylation sites (tertiary alicyclic amines) is 1. The molecule has 0 aliphatic carbocycles. The highest BCUT2D eigenvalue weighted by atomic mass is 35.5. The molecule has 1 unspecified atom stereocenters. The molecule has 2 aromatic rings. The first kappa shape index (κ1) is 19.4. The van der Waals surface area contributed by atoms with E-state index in [-0.39, 0.29) is 16.7 Å². The van der Waals surface area contributed by atoms with E-state index in [2.05, 4.69) is 0 Å². The van der Waals surface area contributed by atoms with Gasteiger partial charge in [0.05, 0.1) is 25.7 Å². The van der Waals surface area contributed by atoms with Gasteiger partial charge in [-0.1, -0.05) is 23.7 Å². The van der Waals surface area contributed by atoms with E-state index < -0.39 is 0 Å². The maximum atomic E-state index is 12.6. The molecule has 1 saturated heterocycles. The van der Waals surface area contributed by atoms with Gasteiger partial charge in [-0.3, -0.25) is 4.79 Å². The normalized spacial score (nSPS) is 16.4. The number of carbonyl (C=O) groups excluding carboxylic acids is 1. The third kappa shape index (κ3) is 4.66. The van der Waals surface area contributed by atoms with Crippen LogP contribution in [-0.4, -0.2) is 43.2 Å². The van der Waals surface area contributed by atoms with Crippen molar-refractivity contribution in [3.05, 3.63) is 52.5 Å². The van der Waals surface area contributed by atoms with E-state index in [4.69, 9.17) is 21.1 Å². The van der Waals surface area contributed by atoms with Crippen molar-refractivity contribution < 1.29 is 19.4 Å². The van der Waals surface area contributed by atoms with Gasteiger partial charge in [0.2, 0.25) is 5.91 Å². The Hall–Kier alpha value is -2.40. The van der Waals surface area contributed by atoms with Crippen LogP contribution in [0.15, 0.2) is 36.4 Å². The summed E-state index contributed by atoms with van der Waals surface area (Å²) >= 11 is 5.92. The number of nitrogens with zero attached hydrogens (tertiary/aromatic N) is 1. The summed E-state index contributed by atoms with van der Waals surface area (Å²) in [7, 11) is 3.26. The molecule has 0 bridgehead atoms. The zero-order valence-corrected chi connectivity index (χ0v) is 16.3. The Morgan fingerprint density at radius 2 is 1.89 bits per heavy atom. The number of halogens is 1. The lowest BCUT2D eigenvalue weighted by Gasteiger charge is -2.17. The van der Waals surface area contributed by atoms with Crippen LogP contribution in [0.2, 0.25) is 5.02 Å². The van der Waals surface area contributed by atoms with Crippen LogP contribution in [0.1, 0.15) is 17.5 Å². The minimum Gasteiger partial charge on any atom is -0.506 e. The molecule has 2 aromatic carbocycles. The van der Waals surface area contributed by atoms with Crippen molar-refractivity contribution in [3.8, 4) is 17.2 Å². The highest BCUT2D eigenvalue weighted by Crippen LogP contribution is 2.30. The van der Waals surface area contributed by atoms with Gasteiger partial charge in [-0.25, -0.2) is 0 Å². The third-order valence-corrected chi connectivity index (χ3v) is 5.28. The second-order valence-corrected chi connectivity index (χ2v) is 7.26. The first-order valence-corrected chi connectivity index (χ1v) is 9.34. The standard InChI is InChI=1S/C21H24ClNO4/c1-26-19-6-4-14(11-20(19)27-2)9-16-7-8-23(13-16)21(25)12-15-3-5-18(24)17(22)10-15/h3-6,10-11,16,24H,7-9,12-13H2,1-2H3. The van der Waals surface area contributed by atoms with Gasteiger partial charge in [0.15, 0.2) is 11.5 Å². The number of benzene rings is 2. The smallest absolute Gasteiger partial charge is 0.226 e. The fourth-order valence-corrected chi connectivity index (χ4v) is 3.72. The molecule has 6 heteroatoms. The van der Waals surface area contributed by atoms with Crippen molar-refractivity contribution in [1.82, 2.24) is 4.90 Å². The van der Waals surface area contributed by atoms with Crippen molar-refractivity contribution >= 4 is 17.5 Å². The van der Waals surface area contributed by atoms with Crippen molar-refractivity contribution in [2.75, 3.05) is 27.3 Å². The van der Waals surface area contributed by atoms with Gasteiger partial charge in [-0.05, 0) is 54.2 Å². The Labute approximate surface area is 164 Å². The Morgan fingerprint density at radius 1 is 1.15 bits per heavy atom. The lowest BCUT2D eigenvalue weighted by Crippen LogP contribution is -2.30. The van der Waals surface area contributed by atoms with E-state index in [1.807, 2.05) is 23.1 Å². The SMILES string of the molecule is COc1ccc(CC2CCN(C(=O)Cc3ccc(O)c(Cl)c3)C2)cc1OC. The summed E-state index contributed by atoms with van der Waals surface area (Å²) in [5.41, 5.74) is 1.99. The Balaban J connectivity index is 1.58. The molecule has 1 aliphatic heterocycles. The Morgan fingerprint density at radius 3 is 2.59 bits per heavy atom. The predicted octanol–water partition coefficient (Wildman–Crippen LogP) is 3.70. The van der Waals surface area contributed by atoms with Crippen LogP contribution in [0, 0.1) is 5.92 Å². The summed E-state index contributed by atoms with van der Waals surface area (Å²) in [5.74, 6) is 1.99. The highest BCUT2D eigenvalue weighted by molar-refractivity contribution is 6.32. The fraction of sp³-hybridized carbons (Fsp3) is 0.381. The largest absolute Gasteiger partial charge is 0.506 e. The second-order valence-electron chi connectivity index (χ2n) is 6.85. The summed E-state index contributed by atoms with van der Waals surface area (Å²) in [4.78, 5) is 14.5. The van der Waals surface area contributed by atoms with Crippen LogP contribution in [0.25, 0.3) is 0 Å². The number of phenolic OH excluding ortho intramolecular Hbond substituents is 1. The number of hydrogen-bond donors (Lipinski definition) is 1. The molecule has 1 atom stereocenters. The molecule has 1 aliphatic rings. The average molecular weight is 390 g/mol. The first-order valence-electron chi connectivity index (χ1n) is 8.96. The monoisotopic (exact) mass is 389 g/mol. The van der Waals surface area contributed by atoms with Crippen LogP contribution in [-0.2, 0) is 17.6 Å². The van der Waals surface area contributed by atoms with Crippen LogP contribution < -0.4 is 9.47 Å². The van der Waals surface area contributed by atoms with Gasteiger partial charge in [-0.15, -0.1) is 0 Å². The molecule has 3 rings (SSSR count). The van der Waals surface area contributed by atoms with Gasteiger partial charge in [0.1, 0.15) is 5.75 Å². The number of methoxy groups -OCH3 is 2. The number of rotatable bonds is 6. The van der Waals surface area contributed by atoms with Gasteiger partial charge in [-0.2, -0.15) is 0 Å². The number of phenols is 1. The van der Waals surface area contributed by atoms with E-state index >= 15 is 0 Å². The van der Waals surface area contributed by atoms with Crippen LogP contribution in [0.3, 0.4) is 0 Å². The predicted molar refractivity (Wildman–Crippen MR) is 105 cm³/mol. The average Bonchev–Trinajstić information content (AvgIpc) is 3.13. The van der Waals surface area contributed by atoms with E-state index in [1.165, 1.54) is 11.6 Å². The first-order chi connectivity index (χ1) is 13.0. The summed E-state index contributed by atoms with van der Waals surface area (Å²) < 4.78 is 10.6. The molecule has 0 spiro atoms. The van der Waals surface area contributed by atoms with Gasteiger partial charge in [0.25, 0.3) is 0 Å².